The zero-order valence-electron chi connectivity index (χ0n) is 19.9. The summed E-state index contributed by atoms with van der Waals surface area (Å²) in [5.41, 5.74) is 13.0. The zero-order valence-corrected chi connectivity index (χ0v) is 19.9. The zero-order chi connectivity index (χ0) is 24.2. The molecule has 7 nitrogen and oxygen atoms in total. The van der Waals surface area contributed by atoms with E-state index in [-0.39, 0.29) is 0 Å². The van der Waals surface area contributed by atoms with Crippen LogP contribution in [0.1, 0.15) is 27.8 Å². The molecule has 0 aliphatic heterocycles. The lowest BCUT2D eigenvalue weighted by molar-refractivity contribution is 0.294. The number of hydrogen-bond donors (Lipinski definition) is 2. The summed E-state index contributed by atoms with van der Waals surface area (Å²) in [6.07, 6.45) is 7.27. The summed E-state index contributed by atoms with van der Waals surface area (Å²) in [5, 5.41) is 9.90. The molecule has 3 heterocycles. The van der Waals surface area contributed by atoms with Crippen LogP contribution in [0.15, 0.2) is 79.4 Å². The summed E-state index contributed by atoms with van der Waals surface area (Å²) in [4.78, 5) is 8.59. The molecule has 0 spiro atoms. The van der Waals surface area contributed by atoms with E-state index < -0.39 is 0 Å². The molecule has 5 aromatic rings. The van der Waals surface area contributed by atoms with Gasteiger partial charge >= 0.3 is 0 Å². The molecular formula is C28H28N6O. The van der Waals surface area contributed by atoms with Crippen LogP contribution in [-0.4, -0.2) is 19.7 Å². The molecule has 0 amide bonds. The highest BCUT2D eigenvalue weighted by atomic mass is 16.5. The van der Waals surface area contributed by atoms with Crippen molar-refractivity contribution in [1.29, 1.82) is 0 Å². The normalized spacial score (nSPS) is 11.0. The Morgan fingerprint density at radius 2 is 1.71 bits per heavy atom. The van der Waals surface area contributed by atoms with Crippen molar-refractivity contribution >= 4 is 22.3 Å². The smallest absolute Gasteiger partial charge is 0.215 e. The standard InChI is InChI=1S/C28H28N6O/c1-19-14-25-24(9-12-31-28(25)29)20(2)26(19)16-32-23-8-11-30-27(15-23)35-18-22-6-4-21(5-7-22)17-34-13-3-10-33-34/h3-15H,16-18H2,1-2H3,(H2,29,31)(H,30,32). The first-order valence-electron chi connectivity index (χ1n) is 11.6. The molecule has 2 aromatic carbocycles. The maximum absolute atomic E-state index is 6.08. The molecular weight excluding hydrogens is 436 g/mol. The Morgan fingerprint density at radius 3 is 2.51 bits per heavy atom. The number of fused-ring (bicyclic) bond motifs is 1. The number of hydrogen-bond acceptors (Lipinski definition) is 6. The van der Waals surface area contributed by atoms with Crippen LogP contribution in [0.25, 0.3) is 10.8 Å². The third-order valence-electron chi connectivity index (χ3n) is 6.23. The van der Waals surface area contributed by atoms with E-state index in [0.29, 0.717) is 24.8 Å². The number of nitrogens with two attached hydrogens (primary N) is 1. The second-order valence-electron chi connectivity index (χ2n) is 8.63. The molecule has 0 radical (unpaired) electrons. The molecule has 0 atom stereocenters. The Balaban J connectivity index is 1.22. The van der Waals surface area contributed by atoms with Gasteiger partial charge in [-0.05, 0) is 71.3 Å². The van der Waals surface area contributed by atoms with E-state index in [9.17, 15) is 0 Å². The third kappa shape index (κ3) is 5.09. The van der Waals surface area contributed by atoms with Gasteiger partial charge in [-0.25, -0.2) is 9.97 Å². The lowest BCUT2D eigenvalue weighted by Crippen LogP contribution is -2.06. The minimum absolute atomic E-state index is 0.455. The fraction of sp³-hybridized carbons (Fsp3) is 0.179. The van der Waals surface area contributed by atoms with Crippen molar-refractivity contribution in [3.05, 3.63) is 107 Å². The Hall–Kier alpha value is -4.39. The van der Waals surface area contributed by atoms with Crippen molar-refractivity contribution in [2.45, 2.75) is 33.5 Å². The van der Waals surface area contributed by atoms with Gasteiger partial charge in [-0.2, -0.15) is 5.10 Å². The van der Waals surface area contributed by atoms with Crippen LogP contribution in [-0.2, 0) is 19.7 Å². The molecule has 3 N–H and O–H groups in total. The van der Waals surface area contributed by atoms with Gasteiger partial charge in [-0.3, -0.25) is 4.68 Å². The van der Waals surface area contributed by atoms with Gasteiger partial charge in [-0.1, -0.05) is 24.3 Å². The van der Waals surface area contributed by atoms with Crippen LogP contribution < -0.4 is 15.8 Å². The molecule has 7 heteroatoms. The number of nitrogens with zero attached hydrogens (tertiary/aromatic N) is 4. The highest BCUT2D eigenvalue weighted by molar-refractivity contribution is 5.94. The monoisotopic (exact) mass is 464 g/mol. The number of aromatic nitrogens is 4. The molecule has 0 bridgehead atoms. The quantitative estimate of drug-likeness (QED) is 0.325. The molecule has 0 saturated heterocycles. The van der Waals surface area contributed by atoms with Crippen molar-refractivity contribution in [1.82, 2.24) is 19.7 Å². The Bertz CT molecular complexity index is 1450. The number of nitrogens with one attached hydrogen (secondary N) is 1. The van der Waals surface area contributed by atoms with Gasteiger partial charge in [0.05, 0.1) is 6.54 Å². The number of anilines is 2. The van der Waals surface area contributed by atoms with E-state index in [1.165, 1.54) is 22.3 Å². The summed E-state index contributed by atoms with van der Waals surface area (Å²) in [5.74, 6) is 1.15. The van der Waals surface area contributed by atoms with Gasteiger partial charge in [0.1, 0.15) is 12.4 Å². The van der Waals surface area contributed by atoms with Gasteiger partial charge in [0.15, 0.2) is 0 Å². The third-order valence-corrected chi connectivity index (χ3v) is 6.23. The van der Waals surface area contributed by atoms with Gasteiger partial charge in [0.2, 0.25) is 5.88 Å². The van der Waals surface area contributed by atoms with Gasteiger partial charge in [0, 0.05) is 48.5 Å². The fourth-order valence-corrected chi connectivity index (χ4v) is 4.27. The van der Waals surface area contributed by atoms with Crippen LogP contribution >= 0.6 is 0 Å². The first-order valence-corrected chi connectivity index (χ1v) is 11.6. The Labute approximate surface area is 204 Å². The van der Waals surface area contributed by atoms with Crippen molar-refractivity contribution in [2.24, 2.45) is 0 Å². The van der Waals surface area contributed by atoms with Crippen LogP contribution in [0.5, 0.6) is 5.88 Å². The van der Waals surface area contributed by atoms with E-state index in [4.69, 9.17) is 10.5 Å². The van der Waals surface area contributed by atoms with Gasteiger partial charge in [-0.15, -0.1) is 0 Å². The van der Waals surface area contributed by atoms with Crippen molar-refractivity contribution in [3.63, 3.8) is 0 Å². The van der Waals surface area contributed by atoms with Gasteiger partial charge in [0.25, 0.3) is 0 Å². The summed E-state index contributed by atoms with van der Waals surface area (Å²) < 4.78 is 7.86. The number of rotatable bonds is 8. The summed E-state index contributed by atoms with van der Waals surface area (Å²) >= 11 is 0. The van der Waals surface area contributed by atoms with Crippen LogP contribution in [0.2, 0.25) is 0 Å². The van der Waals surface area contributed by atoms with Crippen molar-refractivity contribution in [3.8, 4) is 5.88 Å². The molecule has 3 aromatic heterocycles. The lowest BCUT2D eigenvalue weighted by atomic mass is 9.96. The first kappa shape index (κ1) is 22.4. The fourth-order valence-electron chi connectivity index (χ4n) is 4.27. The Kier molecular flexibility index (Phi) is 6.30. The number of pyridine rings is 2. The van der Waals surface area contributed by atoms with Crippen LogP contribution in [0.3, 0.4) is 0 Å². The van der Waals surface area contributed by atoms with Gasteiger partial charge < -0.3 is 15.8 Å². The lowest BCUT2D eigenvalue weighted by Gasteiger charge is -2.16. The number of nitrogen functional groups attached to an aromatic ring is 1. The molecule has 0 fully saturated rings. The first-order chi connectivity index (χ1) is 17.1. The summed E-state index contributed by atoms with van der Waals surface area (Å²) in [7, 11) is 0. The SMILES string of the molecule is Cc1cc2c(N)nccc2c(C)c1CNc1ccnc(OCc2ccc(Cn3cccn3)cc2)c1. The van der Waals surface area contributed by atoms with Crippen LogP contribution in [0.4, 0.5) is 11.5 Å². The van der Waals surface area contributed by atoms with Crippen LogP contribution in [0, 0.1) is 13.8 Å². The molecule has 5 rings (SSSR count). The average Bonchev–Trinajstić information content (AvgIpc) is 3.38. The van der Waals surface area contributed by atoms with E-state index >= 15 is 0 Å². The van der Waals surface area contributed by atoms with E-state index in [0.717, 1.165) is 28.6 Å². The van der Waals surface area contributed by atoms with E-state index in [1.807, 2.05) is 35.1 Å². The van der Waals surface area contributed by atoms with E-state index in [1.54, 1.807) is 18.6 Å². The molecule has 176 valence electrons. The minimum Gasteiger partial charge on any atom is -0.473 e. The molecule has 0 unspecified atom stereocenters. The number of aryl methyl sites for hydroxylation is 2. The number of ether oxygens (including phenoxy) is 1. The molecule has 0 aliphatic rings. The average molecular weight is 465 g/mol. The van der Waals surface area contributed by atoms with Crippen molar-refractivity contribution < 1.29 is 4.74 Å². The minimum atomic E-state index is 0.455. The maximum atomic E-state index is 6.08. The molecule has 0 aliphatic carbocycles. The second-order valence-corrected chi connectivity index (χ2v) is 8.63. The van der Waals surface area contributed by atoms with Crippen molar-refractivity contribution in [2.75, 3.05) is 11.1 Å². The highest BCUT2D eigenvalue weighted by Gasteiger charge is 2.10. The predicted molar refractivity (Wildman–Crippen MR) is 139 cm³/mol. The number of benzene rings is 2. The summed E-state index contributed by atoms with van der Waals surface area (Å²) in [6, 6.07) is 18.3. The maximum Gasteiger partial charge on any atom is 0.215 e. The Morgan fingerprint density at radius 1 is 0.914 bits per heavy atom. The topological polar surface area (TPSA) is 90.9 Å². The largest absolute Gasteiger partial charge is 0.473 e. The second kappa shape index (κ2) is 9.85. The molecule has 0 saturated carbocycles. The summed E-state index contributed by atoms with van der Waals surface area (Å²) in [6.45, 7) is 6.14. The molecule has 35 heavy (non-hydrogen) atoms. The predicted octanol–water partition coefficient (Wildman–Crippen LogP) is 5.26. The highest BCUT2D eigenvalue weighted by Crippen LogP contribution is 2.28. The van der Waals surface area contributed by atoms with E-state index in [2.05, 4.69) is 64.6 Å².